The van der Waals surface area contributed by atoms with Crippen LogP contribution in [0, 0.1) is 11.3 Å². The number of carbonyl (C=O) groups excluding carboxylic acids is 1. The fraction of sp³-hybridized carbons (Fsp3) is 0.0588. The van der Waals surface area contributed by atoms with Crippen LogP contribution >= 0.6 is 0 Å². The molecule has 2 aromatic carbocycles. The molecule has 0 amide bonds. The molecule has 0 aliphatic carbocycles. The van der Waals surface area contributed by atoms with Crippen LogP contribution < -0.4 is 4.74 Å². The average molecular weight is 299 g/mol. The molecule has 0 atom stereocenters. The molecule has 110 valence electrons. The second-order valence-electron chi connectivity index (χ2n) is 4.31. The van der Waals surface area contributed by atoms with Gasteiger partial charge in [-0.15, -0.1) is 0 Å². The normalized spacial score (nSPS) is 11.1. The number of alkyl halides is 2. The topological polar surface area (TPSA) is 50.1 Å². The van der Waals surface area contributed by atoms with Crippen LogP contribution in [0.25, 0.3) is 6.08 Å². The van der Waals surface area contributed by atoms with Crippen LogP contribution in [-0.2, 0) is 0 Å². The fourth-order valence-corrected chi connectivity index (χ4v) is 1.81. The smallest absolute Gasteiger partial charge is 0.387 e. The molecule has 0 spiro atoms. The maximum Gasteiger partial charge on any atom is 0.387 e. The summed E-state index contributed by atoms with van der Waals surface area (Å²) in [5.74, 6) is -0.379. The van der Waals surface area contributed by atoms with E-state index in [2.05, 4.69) is 4.74 Å². The molecule has 0 radical (unpaired) electrons. The van der Waals surface area contributed by atoms with Crippen LogP contribution in [-0.4, -0.2) is 12.4 Å². The molecule has 22 heavy (non-hydrogen) atoms. The zero-order valence-electron chi connectivity index (χ0n) is 11.4. The third-order valence-corrected chi connectivity index (χ3v) is 2.82. The molecular weight excluding hydrogens is 288 g/mol. The van der Waals surface area contributed by atoms with Crippen molar-refractivity contribution in [3.8, 4) is 11.8 Å². The summed E-state index contributed by atoms with van der Waals surface area (Å²) in [6.45, 7) is -2.89. The van der Waals surface area contributed by atoms with Crippen LogP contribution in [0.3, 0.4) is 0 Å². The molecule has 3 nitrogen and oxygen atoms in total. The van der Waals surface area contributed by atoms with Crippen LogP contribution in [0.4, 0.5) is 8.78 Å². The molecule has 0 saturated heterocycles. The lowest BCUT2D eigenvalue weighted by atomic mass is 10.0. The van der Waals surface area contributed by atoms with Crippen LogP contribution in [0.15, 0.2) is 60.2 Å². The lowest BCUT2D eigenvalue weighted by Gasteiger charge is -2.04. The third-order valence-electron chi connectivity index (χ3n) is 2.82. The van der Waals surface area contributed by atoms with E-state index in [-0.39, 0.29) is 11.3 Å². The minimum absolute atomic E-state index is 0.0139. The Bertz CT molecular complexity index is 717. The number of ether oxygens (including phenoxy) is 1. The van der Waals surface area contributed by atoms with Gasteiger partial charge in [0.25, 0.3) is 0 Å². The Kier molecular flexibility index (Phi) is 4.99. The van der Waals surface area contributed by atoms with Crippen molar-refractivity contribution in [1.29, 1.82) is 5.26 Å². The first-order chi connectivity index (χ1) is 10.6. The molecule has 0 saturated carbocycles. The number of rotatable bonds is 5. The van der Waals surface area contributed by atoms with Gasteiger partial charge in [0, 0.05) is 5.56 Å². The van der Waals surface area contributed by atoms with Crippen molar-refractivity contribution in [3.63, 3.8) is 0 Å². The summed E-state index contributed by atoms with van der Waals surface area (Å²) in [7, 11) is 0. The van der Waals surface area contributed by atoms with Crippen LogP contribution in [0.5, 0.6) is 5.75 Å². The lowest BCUT2D eigenvalue weighted by Crippen LogP contribution is -2.02. The van der Waals surface area contributed by atoms with E-state index >= 15 is 0 Å². The van der Waals surface area contributed by atoms with Crippen molar-refractivity contribution in [2.24, 2.45) is 0 Å². The average Bonchev–Trinajstić information content (AvgIpc) is 2.54. The molecule has 0 heterocycles. The number of ketones is 1. The van der Waals surface area contributed by atoms with Gasteiger partial charge >= 0.3 is 6.61 Å². The summed E-state index contributed by atoms with van der Waals surface area (Å²) in [5, 5.41) is 9.13. The highest BCUT2D eigenvalue weighted by atomic mass is 19.3. The lowest BCUT2D eigenvalue weighted by molar-refractivity contribution is -0.0498. The van der Waals surface area contributed by atoms with E-state index in [9.17, 15) is 13.6 Å². The van der Waals surface area contributed by atoms with Gasteiger partial charge < -0.3 is 4.74 Å². The van der Waals surface area contributed by atoms with Gasteiger partial charge in [-0.1, -0.05) is 42.5 Å². The first-order valence-electron chi connectivity index (χ1n) is 6.36. The molecule has 0 N–H and O–H groups in total. The molecule has 5 heteroatoms. The summed E-state index contributed by atoms with van der Waals surface area (Å²) in [6.07, 6.45) is 1.40. The third kappa shape index (κ3) is 4.00. The minimum atomic E-state index is -2.89. The Labute approximate surface area is 126 Å². The first kappa shape index (κ1) is 15.4. The largest absolute Gasteiger partial charge is 0.435 e. The summed E-state index contributed by atoms with van der Waals surface area (Å²) in [5.41, 5.74) is 0.920. The fourth-order valence-electron chi connectivity index (χ4n) is 1.81. The number of benzene rings is 2. The Morgan fingerprint density at radius 2 is 1.73 bits per heavy atom. The van der Waals surface area contributed by atoms with E-state index in [1.54, 1.807) is 30.3 Å². The number of hydrogen-bond acceptors (Lipinski definition) is 3. The highest BCUT2D eigenvalue weighted by molar-refractivity contribution is 6.13. The van der Waals surface area contributed by atoms with Crippen LogP contribution in [0.1, 0.15) is 15.9 Å². The van der Waals surface area contributed by atoms with Crippen molar-refractivity contribution in [1.82, 2.24) is 0 Å². The van der Waals surface area contributed by atoms with E-state index < -0.39 is 12.4 Å². The van der Waals surface area contributed by atoms with Crippen molar-refractivity contribution < 1.29 is 18.3 Å². The molecule has 0 aromatic heterocycles. The van der Waals surface area contributed by atoms with E-state index in [1.807, 2.05) is 6.07 Å². The number of halogens is 2. The molecule has 0 aliphatic heterocycles. The zero-order valence-corrected chi connectivity index (χ0v) is 11.4. The predicted molar refractivity (Wildman–Crippen MR) is 77.4 cm³/mol. The SMILES string of the molecule is N#CC(=Cc1ccc(OC(F)F)cc1)C(=O)c1ccccc1. The van der Waals surface area contributed by atoms with Gasteiger partial charge in [-0.2, -0.15) is 14.0 Å². The van der Waals surface area contributed by atoms with Gasteiger partial charge in [0.15, 0.2) is 0 Å². The summed E-state index contributed by atoms with van der Waals surface area (Å²) in [4.78, 5) is 12.2. The number of Topliss-reactive ketones (excluding diaryl/α,β-unsaturated/α-hetero) is 1. The highest BCUT2D eigenvalue weighted by Gasteiger charge is 2.11. The minimum Gasteiger partial charge on any atom is -0.435 e. The van der Waals surface area contributed by atoms with Crippen LogP contribution in [0.2, 0.25) is 0 Å². The van der Waals surface area contributed by atoms with E-state index in [4.69, 9.17) is 5.26 Å². The molecule has 2 rings (SSSR count). The number of carbonyl (C=O) groups is 1. The van der Waals surface area contributed by atoms with Gasteiger partial charge in [-0.05, 0) is 23.8 Å². The highest BCUT2D eigenvalue weighted by Crippen LogP contribution is 2.18. The predicted octanol–water partition coefficient (Wildman–Crippen LogP) is 4.08. The maximum absolute atomic E-state index is 12.2. The van der Waals surface area contributed by atoms with E-state index in [0.29, 0.717) is 11.1 Å². The van der Waals surface area contributed by atoms with E-state index in [1.165, 1.54) is 30.3 Å². The summed E-state index contributed by atoms with van der Waals surface area (Å²) in [6, 6.07) is 16.0. The second kappa shape index (κ2) is 7.14. The Morgan fingerprint density at radius 1 is 1.09 bits per heavy atom. The maximum atomic E-state index is 12.2. The van der Waals surface area contributed by atoms with Crippen molar-refractivity contribution in [2.45, 2.75) is 6.61 Å². The number of hydrogen-bond donors (Lipinski definition) is 0. The zero-order chi connectivity index (χ0) is 15.9. The van der Waals surface area contributed by atoms with Crippen molar-refractivity contribution >= 4 is 11.9 Å². The van der Waals surface area contributed by atoms with Gasteiger partial charge in [-0.25, -0.2) is 0 Å². The first-order valence-corrected chi connectivity index (χ1v) is 6.36. The molecule has 2 aromatic rings. The molecule has 0 fully saturated rings. The van der Waals surface area contributed by atoms with E-state index in [0.717, 1.165) is 0 Å². The van der Waals surface area contributed by atoms with Gasteiger partial charge in [0.2, 0.25) is 5.78 Å². The summed E-state index contributed by atoms with van der Waals surface area (Å²) >= 11 is 0. The molecular formula is C17H11F2NO2. The van der Waals surface area contributed by atoms with Crippen molar-refractivity contribution in [3.05, 3.63) is 71.3 Å². The quantitative estimate of drug-likeness (QED) is 0.475. The Morgan fingerprint density at radius 3 is 2.27 bits per heavy atom. The number of allylic oxidation sites excluding steroid dienone is 1. The van der Waals surface area contributed by atoms with Gasteiger partial charge in [-0.3, -0.25) is 4.79 Å². The molecule has 0 unspecified atom stereocenters. The molecule has 0 aliphatic rings. The van der Waals surface area contributed by atoms with Crippen molar-refractivity contribution in [2.75, 3.05) is 0 Å². The monoisotopic (exact) mass is 299 g/mol. The van der Waals surface area contributed by atoms with Gasteiger partial charge in [0.05, 0.1) is 0 Å². The standard InChI is InChI=1S/C17H11F2NO2/c18-17(19)22-15-8-6-12(7-9-15)10-14(11-20)16(21)13-4-2-1-3-5-13/h1-10,17H. The Balaban J connectivity index is 2.22. The number of nitriles is 1. The Hall–Kier alpha value is -3.00. The van der Waals surface area contributed by atoms with Gasteiger partial charge in [0.1, 0.15) is 17.4 Å². The number of nitrogens with zero attached hydrogens (tertiary/aromatic N) is 1. The summed E-state index contributed by atoms with van der Waals surface area (Å²) < 4.78 is 28.3. The molecule has 0 bridgehead atoms. The second-order valence-corrected chi connectivity index (χ2v) is 4.31.